The summed E-state index contributed by atoms with van der Waals surface area (Å²) in [5.41, 5.74) is 2.35. The average molecular weight is 285 g/mol. The van der Waals surface area contributed by atoms with Crippen LogP contribution in [0, 0.1) is 0 Å². The zero-order valence-electron chi connectivity index (χ0n) is 10.3. The van der Waals surface area contributed by atoms with Crippen LogP contribution in [-0.4, -0.2) is 11.2 Å². The van der Waals surface area contributed by atoms with E-state index in [4.69, 9.17) is 23.2 Å². The molecule has 1 atom stereocenters. The molecule has 1 aromatic rings. The summed E-state index contributed by atoms with van der Waals surface area (Å²) in [6.45, 7) is 0. The van der Waals surface area contributed by atoms with Crippen molar-refractivity contribution in [3.05, 3.63) is 45.5 Å². The van der Waals surface area contributed by atoms with Crippen LogP contribution in [-0.2, 0) is 6.42 Å². The number of benzene rings is 1. The van der Waals surface area contributed by atoms with Crippen LogP contribution in [0.2, 0.25) is 10.0 Å². The summed E-state index contributed by atoms with van der Waals surface area (Å²) in [7, 11) is 0. The first-order chi connectivity index (χ1) is 8.65. The van der Waals surface area contributed by atoms with Crippen molar-refractivity contribution in [1.29, 1.82) is 0 Å². The Kier molecular flexibility index (Phi) is 5.11. The SMILES string of the molecule is OC(CC1=CCCCC1)Cc1ccc(Cl)cc1Cl. The lowest BCUT2D eigenvalue weighted by molar-refractivity contribution is 0.173. The van der Waals surface area contributed by atoms with Crippen LogP contribution in [0.5, 0.6) is 0 Å². The van der Waals surface area contributed by atoms with Crippen molar-refractivity contribution in [2.24, 2.45) is 0 Å². The largest absolute Gasteiger partial charge is 0.392 e. The second-order valence-corrected chi connectivity index (χ2v) is 5.75. The minimum absolute atomic E-state index is 0.354. The molecule has 0 amide bonds. The molecule has 0 aliphatic heterocycles. The molecule has 18 heavy (non-hydrogen) atoms. The minimum atomic E-state index is -0.354. The predicted octanol–water partition coefficient (Wildman–Crippen LogP) is 4.79. The lowest BCUT2D eigenvalue weighted by Crippen LogP contribution is -2.12. The molecule has 1 aromatic carbocycles. The number of hydrogen-bond acceptors (Lipinski definition) is 1. The van der Waals surface area contributed by atoms with E-state index in [1.807, 2.05) is 12.1 Å². The van der Waals surface area contributed by atoms with Gasteiger partial charge in [0.1, 0.15) is 0 Å². The number of allylic oxidation sites excluding steroid dienone is 1. The van der Waals surface area contributed by atoms with Crippen LogP contribution in [0.4, 0.5) is 0 Å². The van der Waals surface area contributed by atoms with Gasteiger partial charge < -0.3 is 5.11 Å². The molecule has 0 saturated carbocycles. The van der Waals surface area contributed by atoms with Crippen molar-refractivity contribution in [1.82, 2.24) is 0 Å². The Hall–Kier alpha value is -0.500. The monoisotopic (exact) mass is 284 g/mol. The van der Waals surface area contributed by atoms with Crippen LogP contribution in [0.1, 0.15) is 37.7 Å². The van der Waals surface area contributed by atoms with E-state index in [1.54, 1.807) is 6.07 Å². The second-order valence-electron chi connectivity index (χ2n) is 4.91. The molecule has 1 aliphatic carbocycles. The molecule has 0 spiro atoms. The van der Waals surface area contributed by atoms with Crippen molar-refractivity contribution in [2.75, 3.05) is 0 Å². The number of rotatable bonds is 4. The summed E-state index contributed by atoms with van der Waals surface area (Å²) in [5.74, 6) is 0. The first-order valence-electron chi connectivity index (χ1n) is 6.45. The Labute approximate surface area is 118 Å². The Morgan fingerprint density at radius 2 is 2.00 bits per heavy atom. The molecule has 1 nitrogen and oxygen atoms in total. The van der Waals surface area contributed by atoms with Crippen LogP contribution in [0.3, 0.4) is 0 Å². The molecule has 98 valence electrons. The van der Waals surface area contributed by atoms with Crippen LogP contribution in [0.15, 0.2) is 29.8 Å². The van der Waals surface area contributed by atoms with Gasteiger partial charge in [0.2, 0.25) is 0 Å². The summed E-state index contributed by atoms with van der Waals surface area (Å²) in [6, 6.07) is 5.43. The van der Waals surface area contributed by atoms with Gasteiger partial charge in [-0.3, -0.25) is 0 Å². The highest BCUT2D eigenvalue weighted by Crippen LogP contribution is 2.25. The number of hydrogen-bond donors (Lipinski definition) is 1. The predicted molar refractivity (Wildman–Crippen MR) is 77.3 cm³/mol. The number of aliphatic hydroxyl groups is 1. The zero-order chi connectivity index (χ0) is 13.0. The average Bonchev–Trinajstić information content (AvgIpc) is 2.34. The van der Waals surface area contributed by atoms with Crippen molar-refractivity contribution >= 4 is 23.2 Å². The molecule has 2 rings (SSSR count). The number of halogens is 2. The Morgan fingerprint density at radius 1 is 1.17 bits per heavy atom. The van der Waals surface area contributed by atoms with Gasteiger partial charge in [0.25, 0.3) is 0 Å². The third kappa shape index (κ3) is 4.01. The van der Waals surface area contributed by atoms with E-state index in [0.717, 1.165) is 24.8 Å². The van der Waals surface area contributed by atoms with Gasteiger partial charge in [0, 0.05) is 16.5 Å². The summed E-state index contributed by atoms with van der Waals surface area (Å²) >= 11 is 12.0. The van der Waals surface area contributed by atoms with Crippen LogP contribution >= 0.6 is 23.2 Å². The molecule has 0 aromatic heterocycles. The van der Waals surface area contributed by atoms with E-state index in [2.05, 4.69) is 6.08 Å². The molecular formula is C15H18Cl2O. The van der Waals surface area contributed by atoms with Gasteiger partial charge in [-0.1, -0.05) is 40.9 Å². The Morgan fingerprint density at radius 3 is 2.67 bits per heavy atom. The minimum Gasteiger partial charge on any atom is -0.392 e. The molecule has 0 bridgehead atoms. The third-order valence-electron chi connectivity index (χ3n) is 3.35. The fourth-order valence-electron chi connectivity index (χ4n) is 2.41. The molecule has 1 aliphatic rings. The van der Waals surface area contributed by atoms with Gasteiger partial charge >= 0.3 is 0 Å². The van der Waals surface area contributed by atoms with Crippen LogP contribution < -0.4 is 0 Å². The molecule has 0 radical (unpaired) electrons. The van der Waals surface area contributed by atoms with Gasteiger partial charge in [0.15, 0.2) is 0 Å². The van der Waals surface area contributed by atoms with Crippen LogP contribution in [0.25, 0.3) is 0 Å². The molecule has 3 heteroatoms. The maximum absolute atomic E-state index is 10.1. The third-order valence-corrected chi connectivity index (χ3v) is 3.94. The summed E-state index contributed by atoms with van der Waals surface area (Å²) in [6.07, 6.45) is 8.09. The summed E-state index contributed by atoms with van der Waals surface area (Å²) < 4.78 is 0. The van der Waals surface area contributed by atoms with E-state index in [1.165, 1.54) is 18.4 Å². The molecule has 1 N–H and O–H groups in total. The standard InChI is InChI=1S/C15H18Cl2O/c16-13-7-6-12(15(17)10-13)9-14(18)8-11-4-2-1-3-5-11/h4,6-7,10,14,18H,1-3,5,8-9H2. The Bertz CT molecular complexity index is 440. The fourth-order valence-corrected chi connectivity index (χ4v) is 2.89. The van der Waals surface area contributed by atoms with Crippen molar-refractivity contribution in [2.45, 2.75) is 44.6 Å². The topological polar surface area (TPSA) is 20.2 Å². The molecule has 0 fully saturated rings. The molecule has 0 heterocycles. The lowest BCUT2D eigenvalue weighted by atomic mass is 9.93. The normalized spacial score (nSPS) is 17.4. The lowest BCUT2D eigenvalue weighted by Gasteiger charge is -2.17. The van der Waals surface area contributed by atoms with Gasteiger partial charge in [-0.25, -0.2) is 0 Å². The maximum Gasteiger partial charge on any atom is 0.0618 e. The zero-order valence-corrected chi connectivity index (χ0v) is 11.8. The first-order valence-corrected chi connectivity index (χ1v) is 7.20. The summed E-state index contributed by atoms with van der Waals surface area (Å²) in [5, 5.41) is 11.4. The van der Waals surface area contributed by atoms with Gasteiger partial charge in [-0.15, -0.1) is 0 Å². The van der Waals surface area contributed by atoms with Crippen molar-refractivity contribution in [3.63, 3.8) is 0 Å². The smallest absolute Gasteiger partial charge is 0.0618 e. The van der Waals surface area contributed by atoms with E-state index >= 15 is 0 Å². The quantitative estimate of drug-likeness (QED) is 0.789. The van der Waals surface area contributed by atoms with E-state index in [9.17, 15) is 5.11 Å². The van der Waals surface area contributed by atoms with E-state index in [-0.39, 0.29) is 6.10 Å². The van der Waals surface area contributed by atoms with Gasteiger partial charge in [-0.2, -0.15) is 0 Å². The summed E-state index contributed by atoms with van der Waals surface area (Å²) in [4.78, 5) is 0. The molecular weight excluding hydrogens is 267 g/mol. The Balaban J connectivity index is 1.94. The molecule has 1 unspecified atom stereocenters. The highest BCUT2D eigenvalue weighted by molar-refractivity contribution is 6.35. The first kappa shape index (κ1) is 13.9. The number of aliphatic hydroxyl groups excluding tert-OH is 1. The van der Waals surface area contributed by atoms with E-state index in [0.29, 0.717) is 16.5 Å². The molecule has 0 saturated heterocycles. The maximum atomic E-state index is 10.1. The highest BCUT2D eigenvalue weighted by Gasteiger charge is 2.12. The second kappa shape index (κ2) is 6.60. The highest BCUT2D eigenvalue weighted by atomic mass is 35.5. The van der Waals surface area contributed by atoms with Gasteiger partial charge in [0.05, 0.1) is 6.10 Å². The van der Waals surface area contributed by atoms with E-state index < -0.39 is 0 Å². The van der Waals surface area contributed by atoms with Gasteiger partial charge in [-0.05, 0) is 49.8 Å². The van der Waals surface area contributed by atoms with Crippen molar-refractivity contribution < 1.29 is 5.11 Å². The fraction of sp³-hybridized carbons (Fsp3) is 0.467. The van der Waals surface area contributed by atoms with Crippen molar-refractivity contribution in [3.8, 4) is 0 Å².